The molecular weight excluding hydrogens is 254 g/mol. The summed E-state index contributed by atoms with van der Waals surface area (Å²) in [6, 6.07) is 9.29. The van der Waals surface area contributed by atoms with Crippen molar-refractivity contribution in [3.05, 3.63) is 35.9 Å². The third-order valence-electron chi connectivity index (χ3n) is 3.48. The predicted octanol–water partition coefficient (Wildman–Crippen LogP) is 0.00320. The monoisotopic (exact) mass is 277 g/mol. The average Bonchev–Trinajstić information content (AvgIpc) is 2.46. The Morgan fingerprint density at radius 2 is 2.25 bits per heavy atom. The predicted molar refractivity (Wildman–Crippen MR) is 78.4 cm³/mol. The van der Waals surface area contributed by atoms with Crippen molar-refractivity contribution >= 4 is 5.91 Å². The van der Waals surface area contributed by atoms with E-state index in [9.17, 15) is 4.79 Å². The molecule has 1 aromatic carbocycles. The first-order chi connectivity index (χ1) is 9.65. The van der Waals surface area contributed by atoms with Crippen molar-refractivity contribution in [3.63, 3.8) is 0 Å². The number of ether oxygens (including phenoxy) is 1. The van der Waals surface area contributed by atoms with Gasteiger partial charge in [-0.1, -0.05) is 30.3 Å². The number of carbonyl (C=O) groups is 1. The number of nitrogens with one attached hydrogen (secondary N) is 1. The molecule has 0 saturated carbocycles. The minimum absolute atomic E-state index is 0.0571. The lowest BCUT2D eigenvalue weighted by Crippen LogP contribution is -2.49. The molecule has 1 amide bonds. The number of nitrogens with two attached hydrogens (primary N) is 1. The number of benzene rings is 1. The molecule has 1 unspecified atom stereocenters. The van der Waals surface area contributed by atoms with Crippen LogP contribution in [0.2, 0.25) is 0 Å². The van der Waals surface area contributed by atoms with Crippen LogP contribution in [0.4, 0.5) is 0 Å². The number of nitrogens with zero attached hydrogens (tertiary/aromatic N) is 1. The number of carbonyl (C=O) groups excluding carboxylic acids is 1. The Labute approximate surface area is 120 Å². The van der Waals surface area contributed by atoms with E-state index < -0.39 is 6.04 Å². The molecule has 5 nitrogen and oxygen atoms in total. The second-order valence-electron chi connectivity index (χ2n) is 5.30. The Balaban J connectivity index is 1.74. The fraction of sp³-hybridized carbons (Fsp3) is 0.533. The summed E-state index contributed by atoms with van der Waals surface area (Å²) in [6.07, 6.45) is 0.611. The third-order valence-corrected chi connectivity index (χ3v) is 3.48. The van der Waals surface area contributed by atoms with Gasteiger partial charge in [-0.05, 0) is 19.0 Å². The maximum absolute atomic E-state index is 12.0. The van der Waals surface area contributed by atoms with Crippen molar-refractivity contribution < 1.29 is 9.53 Å². The van der Waals surface area contributed by atoms with Gasteiger partial charge in [-0.2, -0.15) is 0 Å². The van der Waals surface area contributed by atoms with Crippen molar-refractivity contribution in [3.8, 4) is 0 Å². The Bertz CT molecular complexity index is 424. The first-order valence-corrected chi connectivity index (χ1v) is 7.02. The van der Waals surface area contributed by atoms with E-state index in [0.717, 1.165) is 18.7 Å². The largest absolute Gasteiger partial charge is 0.374 e. The lowest BCUT2D eigenvalue weighted by Gasteiger charge is -2.30. The number of hydrogen-bond acceptors (Lipinski definition) is 4. The van der Waals surface area contributed by atoms with Crippen LogP contribution in [0.5, 0.6) is 0 Å². The van der Waals surface area contributed by atoms with Crippen LogP contribution >= 0.6 is 0 Å². The Morgan fingerprint density at radius 1 is 1.50 bits per heavy atom. The second-order valence-corrected chi connectivity index (χ2v) is 5.30. The van der Waals surface area contributed by atoms with Crippen LogP contribution < -0.4 is 11.1 Å². The standard InChI is InChI=1S/C15H23N3O2/c1-18-7-8-20-13(11-18)10-17-15(19)14(16)9-12-5-3-2-4-6-12/h2-6,13-14H,7-11,16H2,1H3,(H,17,19)/t13?,14-/m1/s1. The van der Waals surface area contributed by atoms with Crippen molar-refractivity contribution in [2.75, 3.05) is 33.3 Å². The number of morpholine rings is 1. The van der Waals surface area contributed by atoms with Gasteiger partial charge in [-0.15, -0.1) is 0 Å². The minimum Gasteiger partial charge on any atom is -0.374 e. The van der Waals surface area contributed by atoms with Gasteiger partial charge in [0.1, 0.15) is 0 Å². The van der Waals surface area contributed by atoms with Crippen LogP contribution in [0, 0.1) is 0 Å². The summed E-state index contributed by atoms with van der Waals surface area (Å²) < 4.78 is 5.60. The molecule has 20 heavy (non-hydrogen) atoms. The number of hydrogen-bond donors (Lipinski definition) is 2. The van der Waals surface area contributed by atoms with E-state index in [-0.39, 0.29) is 12.0 Å². The van der Waals surface area contributed by atoms with E-state index in [2.05, 4.69) is 17.3 Å². The summed E-state index contributed by atoms with van der Waals surface area (Å²) in [6.45, 7) is 3.02. The topological polar surface area (TPSA) is 67.6 Å². The highest BCUT2D eigenvalue weighted by Gasteiger charge is 2.20. The highest BCUT2D eigenvalue weighted by Crippen LogP contribution is 2.03. The van der Waals surface area contributed by atoms with Gasteiger partial charge >= 0.3 is 0 Å². The van der Waals surface area contributed by atoms with Crippen molar-refractivity contribution in [1.82, 2.24) is 10.2 Å². The van der Waals surface area contributed by atoms with Gasteiger partial charge in [0.15, 0.2) is 0 Å². The molecule has 1 saturated heterocycles. The Hall–Kier alpha value is -1.43. The maximum atomic E-state index is 12.0. The molecule has 1 aliphatic heterocycles. The molecule has 0 bridgehead atoms. The zero-order valence-corrected chi connectivity index (χ0v) is 11.9. The van der Waals surface area contributed by atoms with Crippen molar-refractivity contribution in [1.29, 1.82) is 0 Å². The average molecular weight is 277 g/mol. The number of amides is 1. The fourth-order valence-corrected chi connectivity index (χ4v) is 2.30. The van der Waals surface area contributed by atoms with Crippen LogP contribution in [0.15, 0.2) is 30.3 Å². The molecule has 1 heterocycles. The molecule has 5 heteroatoms. The number of likely N-dealkylation sites (N-methyl/N-ethyl adjacent to an activating group) is 1. The van der Waals surface area contributed by atoms with Crippen molar-refractivity contribution in [2.24, 2.45) is 5.73 Å². The minimum atomic E-state index is -0.515. The molecule has 1 fully saturated rings. The summed E-state index contributed by atoms with van der Waals surface area (Å²) in [4.78, 5) is 14.2. The first kappa shape index (κ1) is 15.0. The van der Waals surface area contributed by atoms with Crippen molar-refractivity contribution in [2.45, 2.75) is 18.6 Å². The molecular formula is C15H23N3O2. The molecule has 0 radical (unpaired) electrons. The normalized spacial score (nSPS) is 21.4. The van der Waals surface area contributed by atoms with E-state index in [4.69, 9.17) is 10.5 Å². The van der Waals surface area contributed by atoms with Crippen LogP contribution in [0.25, 0.3) is 0 Å². The Kier molecular flexibility index (Phi) is 5.52. The van der Waals surface area contributed by atoms with Gasteiger partial charge in [0.2, 0.25) is 5.91 Å². The van der Waals surface area contributed by atoms with Gasteiger partial charge in [0, 0.05) is 19.6 Å². The van der Waals surface area contributed by atoms with E-state index in [1.54, 1.807) is 0 Å². The van der Waals surface area contributed by atoms with Crippen LogP contribution in [0.3, 0.4) is 0 Å². The maximum Gasteiger partial charge on any atom is 0.237 e. The zero-order valence-electron chi connectivity index (χ0n) is 11.9. The first-order valence-electron chi connectivity index (χ1n) is 7.02. The van der Waals surface area contributed by atoms with E-state index in [1.165, 1.54) is 0 Å². The molecule has 2 atom stereocenters. The Morgan fingerprint density at radius 3 is 2.95 bits per heavy atom. The van der Waals surface area contributed by atoms with Gasteiger partial charge in [-0.3, -0.25) is 4.79 Å². The number of rotatable bonds is 5. The molecule has 1 aliphatic rings. The molecule has 3 N–H and O–H groups in total. The van der Waals surface area contributed by atoms with Crippen LogP contribution in [0.1, 0.15) is 5.56 Å². The third kappa shape index (κ3) is 4.59. The molecule has 110 valence electrons. The van der Waals surface area contributed by atoms with E-state index in [0.29, 0.717) is 19.6 Å². The molecule has 0 spiro atoms. The van der Waals surface area contributed by atoms with Crippen LogP contribution in [-0.2, 0) is 16.0 Å². The quantitative estimate of drug-likeness (QED) is 0.795. The van der Waals surface area contributed by atoms with Gasteiger partial charge < -0.3 is 20.7 Å². The smallest absolute Gasteiger partial charge is 0.237 e. The zero-order chi connectivity index (χ0) is 14.4. The lowest BCUT2D eigenvalue weighted by molar-refractivity contribution is -0.123. The summed E-state index contributed by atoms with van der Waals surface area (Å²) in [5.74, 6) is -0.120. The molecule has 0 aromatic heterocycles. The van der Waals surface area contributed by atoms with E-state index in [1.807, 2.05) is 30.3 Å². The van der Waals surface area contributed by atoms with Gasteiger partial charge in [0.25, 0.3) is 0 Å². The summed E-state index contributed by atoms with van der Waals surface area (Å²) in [7, 11) is 2.05. The highest BCUT2D eigenvalue weighted by molar-refractivity contribution is 5.81. The molecule has 1 aromatic rings. The van der Waals surface area contributed by atoms with Crippen LogP contribution in [-0.4, -0.2) is 56.2 Å². The SMILES string of the molecule is CN1CCOC(CNC(=O)[C@H](N)Cc2ccccc2)C1. The van der Waals surface area contributed by atoms with Gasteiger partial charge in [-0.25, -0.2) is 0 Å². The summed E-state index contributed by atoms with van der Waals surface area (Å²) in [5, 5.41) is 2.88. The second kappa shape index (κ2) is 7.38. The summed E-state index contributed by atoms with van der Waals surface area (Å²) >= 11 is 0. The summed E-state index contributed by atoms with van der Waals surface area (Å²) in [5.41, 5.74) is 7.00. The lowest BCUT2D eigenvalue weighted by atomic mass is 10.1. The fourth-order valence-electron chi connectivity index (χ4n) is 2.30. The van der Waals surface area contributed by atoms with Gasteiger partial charge in [0.05, 0.1) is 18.8 Å². The van der Waals surface area contributed by atoms with E-state index >= 15 is 0 Å². The highest BCUT2D eigenvalue weighted by atomic mass is 16.5. The molecule has 2 rings (SSSR count). The molecule has 0 aliphatic carbocycles.